The predicted octanol–water partition coefficient (Wildman–Crippen LogP) is 2.87. The Kier molecular flexibility index (Phi) is 3.20. The summed E-state index contributed by atoms with van der Waals surface area (Å²) in [5.74, 6) is 2.60. The topological polar surface area (TPSA) is 37.0 Å². The van der Waals surface area contributed by atoms with Gasteiger partial charge < -0.3 is 10.6 Å². The lowest BCUT2D eigenvalue weighted by Crippen LogP contribution is -2.40. The number of aryl methyl sites for hydroxylation is 1. The number of hydrogen-bond acceptors (Lipinski definition) is 2. The van der Waals surface area contributed by atoms with Crippen molar-refractivity contribution in [2.45, 2.75) is 38.6 Å². The van der Waals surface area contributed by atoms with Crippen molar-refractivity contribution in [1.82, 2.24) is 10.3 Å². The Bertz CT molecular complexity index is 460. The van der Waals surface area contributed by atoms with Crippen molar-refractivity contribution in [2.75, 3.05) is 5.32 Å². The predicted molar refractivity (Wildman–Crippen MR) is 77.6 cm³/mol. The van der Waals surface area contributed by atoms with Gasteiger partial charge in [-0.15, -0.1) is 0 Å². The van der Waals surface area contributed by atoms with Crippen LogP contribution in [0.1, 0.15) is 31.4 Å². The second kappa shape index (κ2) is 4.84. The Morgan fingerprint density at radius 1 is 1.33 bits per heavy atom. The summed E-state index contributed by atoms with van der Waals surface area (Å²) < 4.78 is 0. The van der Waals surface area contributed by atoms with Gasteiger partial charge in [-0.1, -0.05) is 12.5 Å². The third-order valence-corrected chi connectivity index (χ3v) is 4.40. The van der Waals surface area contributed by atoms with Gasteiger partial charge in [0.2, 0.25) is 0 Å². The molecular weight excluding hydrogens is 242 g/mol. The number of pyridine rings is 1. The fourth-order valence-electron chi connectivity index (χ4n) is 3.35. The van der Waals surface area contributed by atoms with Gasteiger partial charge in [-0.25, -0.2) is 4.98 Å². The zero-order valence-electron chi connectivity index (χ0n) is 10.6. The molecule has 2 aliphatic rings. The molecule has 1 heterocycles. The van der Waals surface area contributed by atoms with Crippen molar-refractivity contribution in [2.24, 2.45) is 11.8 Å². The zero-order valence-corrected chi connectivity index (χ0v) is 11.5. The van der Waals surface area contributed by atoms with Crippen LogP contribution in [0.5, 0.6) is 0 Å². The molecule has 0 spiro atoms. The van der Waals surface area contributed by atoms with Crippen molar-refractivity contribution >= 4 is 23.1 Å². The van der Waals surface area contributed by atoms with E-state index in [9.17, 15) is 0 Å². The summed E-state index contributed by atoms with van der Waals surface area (Å²) in [7, 11) is 0. The summed E-state index contributed by atoms with van der Waals surface area (Å²) >= 11 is 5.37. The van der Waals surface area contributed by atoms with Crippen LogP contribution in [0, 0.1) is 18.8 Å². The number of thiocarbonyl (C=S) groups is 1. The Morgan fingerprint density at radius 2 is 2.22 bits per heavy atom. The molecule has 96 valence electrons. The highest BCUT2D eigenvalue weighted by atomic mass is 32.1. The van der Waals surface area contributed by atoms with Crippen molar-refractivity contribution in [3.63, 3.8) is 0 Å². The summed E-state index contributed by atoms with van der Waals surface area (Å²) in [6.45, 7) is 1.98. The molecule has 0 radical (unpaired) electrons. The van der Waals surface area contributed by atoms with E-state index >= 15 is 0 Å². The quantitative estimate of drug-likeness (QED) is 0.803. The lowest BCUT2D eigenvalue weighted by molar-refractivity contribution is 0.392. The molecule has 1 aromatic heterocycles. The van der Waals surface area contributed by atoms with E-state index in [0.717, 1.165) is 23.3 Å². The van der Waals surface area contributed by atoms with Crippen molar-refractivity contribution in [3.05, 3.63) is 23.9 Å². The summed E-state index contributed by atoms with van der Waals surface area (Å²) in [5, 5.41) is 7.35. The van der Waals surface area contributed by atoms with Gasteiger partial charge in [0.25, 0.3) is 0 Å². The smallest absolute Gasteiger partial charge is 0.172 e. The molecule has 1 aromatic rings. The minimum absolute atomic E-state index is 0.577. The fourth-order valence-corrected chi connectivity index (χ4v) is 3.61. The third kappa shape index (κ3) is 2.48. The Morgan fingerprint density at radius 3 is 2.89 bits per heavy atom. The van der Waals surface area contributed by atoms with Gasteiger partial charge in [0.15, 0.2) is 5.11 Å². The molecule has 2 fully saturated rings. The van der Waals surface area contributed by atoms with Gasteiger partial charge in [0.1, 0.15) is 5.82 Å². The van der Waals surface area contributed by atoms with Gasteiger partial charge >= 0.3 is 0 Å². The monoisotopic (exact) mass is 261 g/mol. The number of hydrogen-bond donors (Lipinski definition) is 2. The molecule has 0 amide bonds. The van der Waals surface area contributed by atoms with Crippen LogP contribution in [0.3, 0.4) is 0 Å². The molecule has 3 atom stereocenters. The van der Waals surface area contributed by atoms with Crippen LogP contribution in [0.4, 0.5) is 5.82 Å². The van der Waals surface area contributed by atoms with E-state index in [1.165, 1.54) is 25.7 Å². The van der Waals surface area contributed by atoms with E-state index in [0.29, 0.717) is 11.2 Å². The number of rotatable bonds is 2. The molecule has 4 heteroatoms. The second-order valence-corrected chi connectivity index (χ2v) is 5.95. The summed E-state index contributed by atoms with van der Waals surface area (Å²) in [4.78, 5) is 4.40. The van der Waals surface area contributed by atoms with Crippen molar-refractivity contribution in [1.29, 1.82) is 0 Å². The number of fused-ring (bicyclic) bond motifs is 2. The summed E-state index contributed by atoms with van der Waals surface area (Å²) in [6, 6.07) is 6.50. The van der Waals surface area contributed by atoms with Crippen molar-refractivity contribution in [3.8, 4) is 0 Å². The standard InChI is InChI=1S/C14H19N3S/c1-9-3-2-4-13(15-9)17-14(18)16-12-8-10-5-6-11(12)7-10/h2-4,10-12H,5-8H2,1H3,(H2,15,16,17,18)/t10-,11-,12+/m1/s1. The van der Waals surface area contributed by atoms with Gasteiger partial charge in [-0.2, -0.15) is 0 Å². The molecule has 0 aliphatic heterocycles. The molecule has 2 aliphatic carbocycles. The van der Waals surface area contributed by atoms with E-state index < -0.39 is 0 Å². The molecule has 0 unspecified atom stereocenters. The van der Waals surface area contributed by atoms with E-state index in [2.05, 4.69) is 15.6 Å². The Hall–Kier alpha value is -1.16. The number of anilines is 1. The fraction of sp³-hybridized carbons (Fsp3) is 0.571. The lowest BCUT2D eigenvalue weighted by Gasteiger charge is -2.24. The highest BCUT2D eigenvalue weighted by Crippen LogP contribution is 2.44. The minimum Gasteiger partial charge on any atom is -0.359 e. The number of nitrogens with zero attached hydrogens (tertiary/aromatic N) is 1. The van der Waals surface area contributed by atoms with Crippen LogP contribution < -0.4 is 10.6 Å². The number of nitrogens with one attached hydrogen (secondary N) is 2. The molecule has 0 aromatic carbocycles. The molecular formula is C14H19N3S. The molecule has 3 rings (SSSR count). The maximum atomic E-state index is 5.37. The van der Waals surface area contributed by atoms with Gasteiger partial charge in [0.05, 0.1) is 0 Å². The molecule has 2 bridgehead atoms. The second-order valence-electron chi connectivity index (χ2n) is 5.54. The molecule has 2 saturated carbocycles. The van der Waals surface area contributed by atoms with Gasteiger partial charge in [0, 0.05) is 11.7 Å². The third-order valence-electron chi connectivity index (χ3n) is 4.18. The SMILES string of the molecule is Cc1cccc(NC(=S)N[C@H]2C[C@@H]3CC[C@@H]2C3)n1. The van der Waals surface area contributed by atoms with Crippen LogP contribution in [0.15, 0.2) is 18.2 Å². The molecule has 18 heavy (non-hydrogen) atoms. The van der Waals surface area contributed by atoms with Crippen LogP contribution in [-0.4, -0.2) is 16.1 Å². The average Bonchev–Trinajstić information content (AvgIpc) is 2.90. The van der Waals surface area contributed by atoms with E-state index in [1.807, 2.05) is 25.1 Å². The Labute approximate surface area is 113 Å². The average molecular weight is 261 g/mol. The van der Waals surface area contributed by atoms with Gasteiger partial charge in [-0.05, 0) is 62.4 Å². The zero-order chi connectivity index (χ0) is 12.5. The summed E-state index contributed by atoms with van der Waals surface area (Å²) in [6.07, 6.45) is 5.47. The first-order valence-electron chi connectivity index (χ1n) is 6.72. The normalized spacial score (nSPS) is 29.3. The highest BCUT2D eigenvalue weighted by Gasteiger charge is 2.39. The lowest BCUT2D eigenvalue weighted by atomic mass is 9.96. The maximum Gasteiger partial charge on any atom is 0.172 e. The molecule has 0 saturated heterocycles. The largest absolute Gasteiger partial charge is 0.359 e. The Balaban J connectivity index is 1.56. The summed E-state index contributed by atoms with van der Waals surface area (Å²) in [5.41, 5.74) is 1.00. The van der Waals surface area contributed by atoms with Gasteiger partial charge in [-0.3, -0.25) is 0 Å². The maximum absolute atomic E-state index is 5.37. The molecule has 2 N–H and O–H groups in total. The minimum atomic E-state index is 0.577. The van der Waals surface area contributed by atoms with E-state index in [-0.39, 0.29) is 0 Å². The van der Waals surface area contributed by atoms with Crippen LogP contribution in [0.25, 0.3) is 0 Å². The van der Waals surface area contributed by atoms with Crippen molar-refractivity contribution < 1.29 is 0 Å². The van der Waals surface area contributed by atoms with Crippen LogP contribution in [0.2, 0.25) is 0 Å². The van der Waals surface area contributed by atoms with E-state index in [4.69, 9.17) is 12.2 Å². The number of aromatic nitrogens is 1. The molecule has 3 nitrogen and oxygen atoms in total. The first kappa shape index (κ1) is 11.9. The van der Waals surface area contributed by atoms with Crippen LogP contribution in [-0.2, 0) is 0 Å². The van der Waals surface area contributed by atoms with Crippen LogP contribution >= 0.6 is 12.2 Å². The van der Waals surface area contributed by atoms with E-state index in [1.54, 1.807) is 0 Å². The first-order valence-corrected chi connectivity index (χ1v) is 7.13. The highest BCUT2D eigenvalue weighted by molar-refractivity contribution is 7.80. The first-order chi connectivity index (χ1) is 8.70.